The van der Waals surface area contributed by atoms with E-state index in [0.29, 0.717) is 32.6 Å². The zero-order valence-corrected chi connectivity index (χ0v) is 15.5. The number of nitrogens with two attached hydrogens (primary N) is 1. The minimum absolute atomic E-state index is 0.373. The highest BCUT2D eigenvalue weighted by Crippen LogP contribution is 2.33. The van der Waals surface area contributed by atoms with E-state index in [0.717, 1.165) is 10.4 Å². The quantitative estimate of drug-likeness (QED) is 0.736. The number of rotatable bonds is 5. The molecule has 0 saturated carbocycles. The maximum absolute atomic E-state index is 12.2. The van der Waals surface area contributed by atoms with Gasteiger partial charge in [-0.2, -0.15) is 0 Å². The van der Waals surface area contributed by atoms with Crippen molar-refractivity contribution in [3.05, 3.63) is 55.9 Å². The molecule has 2 rings (SSSR count). The first-order chi connectivity index (χ1) is 11.3. The van der Waals surface area contributed by atoms with Crippen molar-refractivity contribution in [3.8, 4) is 0 Å². The summed E-state index contributed by atoms with van der Waals surface area (Å²) in [5, 5.41) is 4.06. The molecule has 0 aliphatic rings. The van der Waals surface area contributed by atoms with Gasteiger partial charge >= 0.3 is 0 Å². The average Bonchev–Trinajstić information content (AvgIpc) is 2.82. The van der Waals surface area contributed by atoms with Crippen LogP contribution in [0.25, 0.3) is 6.08 Å². The highest BCUT2D eigenvalue weighted by Gasteiger charge is 2.19. The summed E-state index contributed by atoms with van der Waals surface area (Å²) in [6, 6.07) is 5.10. The summed E-state index contributed by atoms with van der Waals surface area (Å²) >= 11 is 13.4. The SMILES string of the molecule is CCc1c(C)sc(NC(=O)/C=C/c2c(Cl)cccc2Cl)c1C(N)=O. The molecule has 0 spiro atoms. The van der Waals surface area contributed by atoms with Gasteiger partial charge in [0.25, 0.3) is 5.91 Å². The van der Waals surface area contributed by atoms with Crippen LogP contribution in [0, 0.1) is 6.92 Å². The summed E-state index contributed by atoms with van der Waals surface area (Å²) in [5.41, 5.74) is 7.24. The first kappa shape index (κ1) is 18.5. The predicted molar refractivity (Wildman–Crippen MR) is 101 cm³/mol. The molecule has 126 valence electrons. The molecule has 0 fully saturated rings. The number of carbonyl (C=O) groups excluding carboxylic acids is 2. The monoisotopic (exact) mass is 382 g/mol. The third-order valence-electron chi connectivity index (χ3n) is 3.45. The molecule has 0 aliphatic heterocycles. The molecular formula is C17H16Cl2N2O2S. The van der Waals surface area contributed by atoms with Crippen LogP contribution in [-0.4, -0.2) is 11.8 Å². The molecule has 1 aromatic carbocycles. The number of hydrogen-bond donors (Lipinski definition) is 2. The molecule has 3 N–H and O–H groups in total. The number of hydrogen-bond acceptors (Lipinski definition) is 3. The number of anilines is 1. The number of aryl methyl sites for hydroxylation is 1. The van der Waals surface area contributed by atoms with Crippen LogP contribution in [0.3, 0.4) is 0 Å². The lowest BCUT2D eigenvalue weighted by Crippen LogP contribution is -2.16. The maximum Gasteiger partial charge on any atom is 0.251 e. The van der Waals surface area contributed by atoms with Gasteiger partial charge in [0.05, 0.1) is 5.56 Å². The first-order valence-corrected chi connectivity index (χ1v) is 8.77. The van der Waals surface area contributed by atoms with Gasteiger partial charge in [0.1, 0.15) is 5.00 Å². The fourth-order valence-corrected chi connectivity index (χ4v) is 4.01. The van der Waals surface area contributed by atoms with Gasteiger partial charge in [0.15, 0.2) is 0 Å². The van der Waals surface area contributed by atoms with Crippen LogP contribution < -0.4 is 11.1 Å². The minimum atomic E-state index is -0.551. The van der Waals surface area contributed by atoms with Crippen molar-refractivity contribution in [2.24, 2.45) is 5.73 Å². The molecule has 2 aromatic rings. The summed E-state index contributed by atoms with van der Waals surface area (Å²) in [5.74, 6) is -0.943. The zero-order chi connectivity index (χ0) is 17.9. The second kappa shape index (κ2) is 7.83. The maximum atomic E-state index is 12.2. The van der Waals surface area contributed by atoms with E-state index in [9.17, 15) is 9.59 Å². The van der Waals surface area contributed by atoms with Gasteiger partial charge in [0.2, 0.25) is 5.91 Å². The summed E-state index contributed by atoms with van der Waals surface area (Å²) in [7, 11) is 0. The summed E-state index contributed by atoms with van der Waals surface area (Å²) in [6.45, 7) is 3.83. The number of halogens is 2. The summed E-state index contributed by atoms with van der Waals surface area (Å²) in [4.78, 5) is 24.8. The van der Waals surface area contributed by atoms with Crippen LogP contribution in [0.2, 0.25) is 10.0 Å². The third kappa shape index (κ3) is 3.98. The van der Waals surface area contributed by atoms with Crippen LogP contribution in [0.1, 0.15) is 33.3 Å². The van der Waals surface area contributed by atoms with E-state index in [-0.39, 0.29) is 0 Å². The Hall–Kier alpha value is -1.82. The molecule has 0 radical (unpaired) electrons. The Kier molecular flexibility index (Phi) is 6.04. The van der Waals surface area contributed by atoms with Crippen molar-refractivity contribution in [3.63, 3.8) is 0 Å². The van der Waals surface area contributed by atoms with Gasteiger partial charge < -0.3 is 11.1 Å². The fraction of sp³-hybridized carbons (Fsp3) is 0.176. The molecule has 0 atom stereocenters. The molecule has 0 aliphatic carbocycles. The van der Waals surface area contributed by atoms with E-state index in [1.165, 1.54) is 23.5 Å². The number of primary amides is 1. The molecule has 0 unspecified atom stereocenters. The van der Waals surface area contributed by atoms with Crippen molar-refractivity contribution < 1.29 is 9.59 Å². The lowest BCUT2D eigenvalue weighted by molar-refractivity contribution is -0.111. The predicted octanol–water partition coefficient (Wildman–Crippen LogP) is 4.68. The fourth-order valence-electron chi connectivity index (χ4n) is 2.34. The average molecular weight is 383 g/mol. The van der Waals surface area contributed by atoms with Gasteiger partial charge in [-0.15, -0.1) is 11.3 Å². The lowest BCUT2D eigenvalue weighted by atomic mass is 10.1. The first-order valence-electron chi connectivity index (χ1n) is 7.20. The van der Waals surface area contributed by atoms with Crippen LogP contribution in [0.5, 0.6) is 0 Å². The number of thiophene rings is 1. The van der Waals surface area contributed by atoms with Crippen LogP contribution >= 0.6 is 34.5 Å². The van der Waals surface area contributed by atoms with E-state index in [1.807, 2.05) is 13.8 Å². The van der Waals surface area contributed by atoms with Crippen molar-refractivity contribution in [2.45, 2.75) is 20.3 Å². The van der Waals surface area contributed by atoms with E-state index >= 15 is 0 Å². The third-order valence-corrected chi connectivity index (χ3v) is 5.17. The standard InChI is InChI=1S/C17H16Cl2N2O2S/c1-3-10-9(2)24-17(15(10)16(20)23)21-14(22)8-7-11-12(18)5-4-6-13(11)19/h4-8H,3H2,1-2H3,(H2,20,23)(H,21,22)/b8-7+. The zero-order valence-electron chi connectivity index (χ0n) is 13.2. The number of amides is 2. The smallest absolute Gasteiger partial charge is 0.251 e. The number of nitrogens with one attached hydrogen (secondary N) is 1. The molecule has 2 amide bonds. The van der Waals surface area contributed by atoms with Gasteiger partial charge in [-0.3, -0.25) is 9.59 Å². The van der Waals surface area contributed by atoms with Gasteiger partial charge in [-0.05, 0) is 37.1 Å². The molecular weight excluding hydrogens is 367 g/mol. The minimum Gasteiger partial charge on any atom is -0.365 e. The highest BCUT2D eigenvalue weighted by molar-refractivity contribution is 7.16. The summed E-state index contributed by atoms with van der Waals surface area (Å²) in [6.07, 6.45) is 3.52. The molecule has 4 nitrogen and oxygen atoms in total. The molecule has 1 heterocycles. The van der Waals surface area contributed by atoms with Crippen molar-refractivity contribution >= 4 is 57.4 Å². The Labute approximate surface area is 154 Å². The van der Waals surface area contributed by atoms with Gasteiger partial charge in [-0.1, -0.05) is 36.2 Å². The van der Waals surface area contributed by atoms with E-state index in [1.54, 1.807) is 18.2 Å². The molecule has 7 heteroatoms. The van der Waals surface area contributed by atoms with Crippen molar-refractivity contribution in [1.29, 1.82) is 0 Å². The second-order valence-corrected chi connectivity index (χ2v) is 7.06. The van der Waals surface area contributed by atoms with Crippen molar-refractivity contribution in [2.75, 3.05) is 5.32 Å². The molecule has 0 bridgehead atoms. The molecule has 24 heavy (non-hydrogen) atoms. The lowest BCUT2D eigenvalue weighted by Gasteiger charge is -2.04. The Morgan fingerprint density at radius 3 is 2.46 bits per heavy atom. The highest BCUT2D eigenvalue weighted by atomic mass is 35.5. The largest absolute Gasteiger partial charge is 0.365 e. The Morgan fingerprint density at radius 1 is 1.29 bits per heavy atom. The topological polar surface area (TPSA) is 72.2 Å². The normalized spacial score (nSPS) is 11.0. The second-order valence-electron chi connectivity index (χ2n) is 5.02. The van der Waals surface area contributed by atoms with Crippen LogP contribution in [0.15, 0.2) is 24.3 Å². The van der Waals surface area contributed by atoms with Crippen LogP contribution in [-0.2, 0) is 11.2 Å². The van der Waals surface area contributed by atoms with E-state index in [2.05, 4.69) is 5.32 Å². The number of benzene rings is 1. The molecule has 0 saturated heterocycles. The van der Waals surface area contributed by atoms with Gasteiger partial charge in [-0.25, -0.2) is 0 Å². The van der Waals surface area contributed by atoms with Crippen LogP contribution in [0.4, 0.5) is 5.00 Å². The Bertz CT molecular complexity index is 808. The Morgan fingerprint density at radius 2 is 1.92 bits per heavy atom. The summed E-state index contributed by atoms with van der Waals surface area (Å²) < 4.78 is 0. The van der Waals surface area contributed by atoms with E-state index in [4.69, 9.17) is 28.9 Å². The molecule has 1 aromatic heterocycles. The van der Waals surface area contributed by atoms with Crippen molar-refractivity contribution in [1.82, 2.24) is 0 Å². The number of carbonyl (C=O) groups is 2. The van der Waals surface area contributed by atoms with E-state index < -0.39 is 11.8 Å². The van der Waals surface area contributed by atoms with Gasteiger partial charge in [0, 0.05) is 26.6 Å². The Balaban J connectivity index is 2.25.